The summed E-state index contributed by atoms with van der Waals surface area (Å²) in [7, 11) is 0. The van der Waals surface area contributed by atoms with Gasteiger partial charge in [-0.1, -0.05) is 54.6 Å². The molecule has 0 saturated carbocycles. The van der Waals surface area contributed by atoms with E-state index in [2.05, 4.69) is 0 Å². The first-order valence-electron chi connectivity index (χ1n) is 9.56. The van der Waals surface area contributed by atoms with Crippen molar-refractivity contribution >= 4 is 17.8 Å². The minimum Gasteiger partial charge on any atom is -0.482 e. The fourth-order valence-electron chi connectivity index (χ4n) is 3.07. The summed E-state index contributed by atoms with van der Waals surface area (Å²) >= 11 is 0. The van der Waals surface area contributed by atoms with Gasteiger partial charge in [0.05, 0.1) is 5.56 Å². The molecule has 3 aromatic rings. The van der Waals surface area contributed by atoms with Crippen LogP contribution in [0.3, 0.4) is 0 Å². The Morgan fingerprint density at radius 3 is 2.57 bits per heavy atom. The van der Waals surface area contributed by atoms with Crippen molar-refractivity contribution in [2.75, 3.05) is 6.61 Å². The number of fused-ring (bicyclic) bond motifs is 1. The molecule has 5 nitrogen and oxygen atoms in total. The van der Waals surface area contributed by atoms with Crippen LogP contribution in [0.25, 0.3) is 6.08 Å². The first-order chi connectivity index (χ1) is 14.6. The zero-order valence-corrected chi connectivity index (χ0v) is 16.5. The Morgan fingerprint density at radius 2 is 1.77 bits per heavy atom. The molecule has 1 aliphatic heterocycles. The zero-order chi connectivity index (χ0) is 20.9. The normalized spacial score (nSPS) is 13.6. The summed E-state index contributed by atoms with van der Waals surface area (Å²) in [5.41, 5.74) is 3.35. The largest absolute Gasteiger partial charge is 0.482 e. The molecule has 0 aliphatic carbocycles. The van der Waals surface area contributed by atoms with E-state index in [1.807, 2.05) is 61.5 Å². The highest BCUT2D eigenvalue weighted by Gasteiger charge is 2.28. The summed E-state index contributed by atoms with van der Waals surface area (Å²) in [6, 6.07) is 22.1. The average molecular weight is 400 g/mol. The van der Waals surface area contributed by atoms with E-state index < -0.39 is 5.97 Å². The second-order valence-corrected chi connectivity index (χ2v) is 6.89. The second-order valence-electron chi connectivity index (χ2n) is 6.89. The van der Waals surface area contributed by atoms with Crippen LogP contribution in [0.5, 0.6) is 11.5 Å². The van der Waals surface area contributed by atoms with Gasteiger partial charge >= 0.3 is 5.97 Å². The average Bonchev–Trinajstić information content (AvgIpc) is 3.08. The van der Waals surface area contributed by atoms with Crippen LogP contribution in [0.15, 0.2) is 78.6 Å². The van der Waals surface area contributed by atoms with Crippen LogP contribution in [0.1, 0.15) is 27.0 Å². The number of ketones is 1. The summed E-state index contributed by atoms with van der Waals surface area (Å²) in [4.78, 5) is 24.5. The molecule has 0 aromatic heterocycles. The van der Waals surface area contributed by atoms with E-state index in [4.69, 9.17) is 14.2 Å². The van der Waals surface area contributed by atoms with Gasteiger partial charge in [-0.25, -0.2) is 4.79 Å². The van der Waals surface area contributed by atoms with Gasteiger partial charge in [-0.2, -0.15) is 0 Å². The monoisotopic (exact) mass is 400 g/mol. The molecule has 0 atom stereocenters. The van der Waals surface area contributed by atoms with E-state index in [0.29, 0.717) is 17.1 Å². The Hall–Kier alpha value is -3.86. The van der Waals surface area contributed by atoms with Gasteiger partial charge in [0.2, 0.25) is 5.78 Å². The van der Waals surface area contributed by atoms with Crippen molar-refractivity contribution < 1.29 is 23.8 Å². The Morgan fingerprint density at radius 1 is 1.00 bits per heavy atom. The molecule has 4 rings (SSSR count). The highest BCUT2D eigenvalue weighted by atomic mass is 16.6. The van der Waals surface area contributed by atoms with Crippen LogP contribution in [-0.2, 0) is 16.1 Å². The van der Waals surface area contributed by atoms with Crippen molar-refractivity contribution in [3.05, 3.63) is 101 Å². The van der Waals surface area contributed by atoms with Crippen LogP contribution in [0, 0.1) is 6.92 Å². The summed E-state index contributed by atoms with van der Waals surface area (Å²) in [6.45, 7) is 1.94. The molecule has 0 N–H and O–H groups in total. The topological polar surface area (TPSA) is 61.8 Å². The highest BCUT2D eigenvalue weighted by Crippen LogP contribution is 2.35. The lowest BCUT2D eigenvalue weighted by Gasteiger charge is -2.08. The maximum Gasteiger partial charge on any atom is 0.344 e. The molecular formula is C25H20O5. The molecule has 0 spiro atoms. The zero-order valence-electron chi connectivity index (χ0n) is 16.5. The number of Topliss-reactive ketones (excluding diaryl/α,β-unsaturated/α-hetero) is 1. The molecule has 0 amide bonds. The molecule has 1 heterocycles. The number of rotatable bonds is 6. The van der Waals surface area contributed by atoms with Crippen molar-refractivity contribution in [3.8, 4) is 11.5 Å². The van der Waals surface area contributed by atoms with E-state index in [1.165, 1.54) is 0 Å². The Labute approximate surface area is 174 Å². The van der Waals surface area contributed by atoms with Crippen molar-refractivity contribution in [2.24, 2.45) is 0 Å². The summed E-state index contributed by atoms with van der Waals surface area (Å²) < 4.78 is 16.4. The van der Waals surface area contributed by atoms with Gasteiger partial charge < -0.3 is 14.2 Å². The minimum absolute atomic E-state index is 0.179. The number of ether oxygens (including phenoxy) is 3. The fourth-order valence-corrected chi connectivity index (χ4v) is 3.07. The van der Waals surface area contributed by atoms with E-state index in [1.54, 1.807) is 24.3 Å². The Balaban J connectivity index is 1.38. The summed E-state index contributed by atoms with van der Waals surface area (Å²) in [6.07, 6.45) is 1.74. The maximum absolute atomic E-state index is 12.6. The van der Waals surface area contributed by atoms with Crippen molar-refractivity contribution in [1.82, 2.24) is 0 Å². The van der Waals surface area contributed by atoms with Gasteiger partial charge in [-0.3, -0.25) is 4.79 Å². The third kappa shape index (κ3) is 4.41. The second kappa shape index (κ2) is 8.66. The minimum atomic E-state index is -0.475. The smallest absolute Gasteiger partial charge is 0.344 e. The number of carbonyl (C=O) groups is 2. The van der Waals surface area contributed by atoms with Gasteiger partial charge in [0.15, 0.2) is 12.4 Å². The van der Waals surface area contributed by atoms with Crippen molar-refractivity contribution in [2.45, 2.75) is 13.5 Å². The summed E-state index contributed by atoms with van der Waals surface area (Å²) in [5, 5.41) is 0. The molecule has 5 heteroatoms. The third-order valence-corrected chi connectivity index (χ3v) is 4.72. The van der Waals surface area contributed by atoms with Gasteiger partial charge in [0, 0.05) is 6.07 Å². The van der Waals surface area contributed by atoms with Crippen LogP contribution >= 0.6 is 0 Å². The molecule has 3 aromatic carbocycles. The molecule has 0 fully saturated rings. The Bertz CT molecular complexity index is 1120. The van der Waals surface area contributed by atoms with Crippen molar-refractivity contribution in [1.29, 1.82) is 0 Å². The first-order valence-corrected chi connectivity index (χ1v) is 9.56. The third-order valence-electron chi connectivity index (χ3n) is 4.72. The number of hydrogen-bond acceptors (Lipinski definition) is 5. The van der Waals surface area contributed by atoms with E-state index in [9.17, 15) is 9.59 Å². The number of carbonyl (C=O) groups excluding carboxylic acids is 2. The van der Waals surface area contributed by atoms with Crippen molar-refractivity contribution in [3.63, 3.8) is 0 Å². The van der Waals surface area contributed by atoms with Crippen LogP contribution in [-0.4, -0.2) is 18.4 Å². The van der Waals surface area contributed by atoms with Crippen LogP contribution in [0.2, 0.25) is 0 Å². The molecule has 0 bridgehead atoms. The van der Waals surface area contributed by atoms with Crippen LogP contribution < -0.4 is 9.47 Å². The number of aryl methyl sites for hydroxylation is 1. The number of benzene rings is 3. The lowest BCUT2D eigenvalue weighted by atomic mass is 10.1. The predicted molar refractivity (Wildman–Crippen MR) is 112 cm³/mol. The van der Waals surface area contributed by atoms with Gasteiger partial charge in [0.25, 0.3) is 0 Å². The van der Waals surface area contributed by atoms with E-state index in [-0.39, 0.29) is 24.8 Å². The highest BCUT2D eigenvalue weighted by molar-refractivity contribution is 6.14. The van der Waals surface area contributed by atoms with E-state index >= 15 is 0 Å². The number of esters is 1. The Kier molecular flexibility index (Phi) is 5.61. The summed E-state index contributed by atoms with van der Waals surface area (Å²) in [5.74, 6) is 0.447. The molecular weight excluding hydrogens is 380 g/mol. The van der Waals surface area contributed by atoms with E-state index in [0.717, 1.165) is 16.7 Å². The molecule has 1 aliphatic rings. The number of allylic oxidation sites excluding steroid dienone is 1. The predicted octanol–water partition coefficient (Wildman–Crippen LogP) is 4.73. The quantitative estimate of drug-likeness (QED) is 0.442. The molecule has 0 unspecified atom stereocenters. The fraction of sp³-hybridized carbons (Fsp3) is 0.120. The van der Waals surface area contributed by atoms with Crippen LogP contribution in [0.4, 0.5) is 0 Å². The molecule has 0 saturated heterocycles. The maximum atomic E-state index is 12.6. The molecule has 150 valence electrons. The molecule has 30 heavy (non-hydrogen) atoms. The number of hydrogen-bond donors (Lipinski definition) is 0. The lowest BCUT2D eigenvalue weighted by Crippen LogP contribution is -2.14. The first kappa shape index (κ1) is 19.5. The molecule has 0 radical (unpaired) electrons. The lowest BCUT2D eigenvalue weighted by molar-refractivity contribution is -0.147. The van der Waals surface area contributed by atoms with Gasteiger partial charge in [-0.15, -0.1) is 0 Å². The van der Waals surface area contributed by atoms with Gasteiger partial charge in [-0.05, 0) is 41.8 Å². The SMILES string of the molecule is Cc1ccccc1/C=C1\Oc2cc(OCC(=O)OCc3ccccc3)ccc2C1=O. The standard InChI is InChI=1S/C25H20O5/c1-17-7-5-6-10-19(17)13-23-25(27)21-12-11-20(14-22(21)30-23)28-16-24(26)29-15-18-8-3-2-4-9-18/h2-14H,15-16H2,1H3/b23-13-. The van der Waals surface area contributed by atoms with Gasteiger partial charge in [0.1, 0.15) is 18.1 Å².